The number of amides is 2. The van der Waals surface area contributed by atoms with E-state index >= 15 is 0 Å². The average Bonchev–Trinajstić information content (AvgIpc) is 2.95. The van der Waals surface area contributed by atoms with Crippen LogP contribution < -0.4 is 9.62 Å². The second kappa shape index (κ2) is 13.7. The van der Waals surface area contributed by atoms with Crippen LogP contribution in [0.1, 0.15) is 55.7 Å². The molecule has 0 spiro atoms. The van der Waals surface area contributed by atoms with Crippen LogP contribution in [0.4, 0.5) is 5.69 Å². The summed E-state index contributed by atoms with van der Waals surface area (Å²) in [5.74, 6) is -0.689. The highest BCUT2D eigenvalue weighted by molar-refractivity contribution is 9.10. The molecule has 1 N–H and O–H groups in total. The number of nitrogens with zero attached hydrogens (tertiary/aromatic N) is 2. The van der Waals surface area contributed by atoms with E-state index in [9.17, 15) is 18.0 Å². The van der Waals surface area contributed by atoms with Gasteiger partial charge >= 0.3 is 0 Å². The molecule has 1 aliphatic carbocycles. The Morgan fingerprint density at radius 3 is 2.22 bits per heavy atom. The molecular formula is C32H38BrN3O4S. The number of carbonyl (C=O) groups is 2. The number of rotatable bonds is 10. The zero-order chi connectivity index (χ0) is 29.6. The molecular weight excluding hydrogens is 602 g/mol. The molecule has 1 unspecified atom stereocenters. The second-order valence-electron chi connectivity index (χ2n) is 10.8. The summed E-state index contributed by atoms with van der Waals surface area (Å²) in [6, 6.07) is 20.4. The number of carbonyl (C=O) groups excluding carboxylic acids is 2. The van der Waals surface area contributed by atoms with Gasteiger partial charge in [-0.25, -0.2) is 8.42 Å². The van der Waals surface area contributed by atoms with Crippen LogP contribution in [-0.4, -0.2) is 43.8 Å². The summed E-state index contributed by atoms with van der Waals surface area (Å²) in [5.41, 5.74) is 3.19. The van der Waals surface area contributed by atoms with Gasteiger partial charge < -0.3 is 10.2 Å². The van der Waals surface area contributed by atoms with Crippen LogP contribution in [0.25, 0.3) is 0 Å². The molecule has 1 fully saturated rings. The van der Waals surface area contributed by atoms with E-state index in [1.807, 2.05) is 38.1 Å². The lowest BCUT2D eigenvalue weighted by molar-refractivity contribution is -0.139. The molecule has 9 heteroatoms. The molecule has 0 radical (unpaired) electrons. The van der Waals surface area contributed by atoms with Crippen molar-refractivity contribution in [2.24, 2.45) is 0 Å². The third-order valence-electron chi connectivity index (χ3n) is 7.56. The van der Waals surface area contributed by atoms with Gasteiger partial charge in [0.2, 0.25) is 11.8 Å². The maximum atomic E-state index is 14.1. The van der Waals surface area contributed by atoms with Crippen molar-refractivity contribution in [2.75, 3.05) is 10.8 Å². The van der Waals surface area contributed by atoms with Crippen LogP contribution in [0.2, 0.25) is 0 Å². The first-order valence-electron chi connectivity index (χ1n) is 14.0. The third-order valence-corrected chi connectivity index (χ3v) is 9.87. The van der Waals surface area contributed by atoms with Gasteiger partial charge in [0.25, 0.3) is 10.0 Å². The highest BCUT2D eigenvalue weighted by Crippen LogP contribution is 2.26. The van der Waals surface area contributed by atoms with Crippen molar-refractivity contribution in [2.45, 2.75) is 76.4 Å². The summed E-state index contributed by atoms with van der Waals surface area (Å²) in [4.78, 5) is 29.1. The molecule has 0 aliphatic heterocycles. The molecule has 4 rings (SSSR count). The van der Waals surface area contributed by atoms with Gasteiger partial charge in [0.1, 0.15) is 12.6 Å². The van der Waals surface area contributed by atoms with Crippen molar-refractivity contribution in [3.63, 3.8) is 0 Å². The van der Waals surface area contributed by atoms with Gasteiger partial charge in [-0.05, 0) is 75.6 Å². The second-order valence-corrected chi connectivity index (χ2v) is 13.6. The monoisotopic (exact) mass is 639 g/mol. The summed E-state index contributed by atoms with van der Waals surface area (Å²) < 4.78 is 29.8. The molecule has 0 saturated heterocycles. The van der Waals surface area contributed by atoms with Gasteiger partial charge in [-0.1, -0.05) is 82.7 Å². The van der Waals surface area contributed by atoms with Gasteiger partial charge in [0.05, 0.1) is 10.6 Å². The Balaban J connectivity index is 1.67. The Hall–Kier alpha value is -3.17. The fourth-order valence-electron chi connectivity index (χ4n) is 5.13. The van der Waals surface area contributed by atoms with Gasteiger partial charge in [-0.15, -0.1) is 0 Å². The largest absolute Gasteiger partial charge is 0.352 e. The maximum absolute atomic E-state index is 14.1. The molecule has 2 amide bonds. The number of anilines is 1. The molecule has 0 bridgehead atoms. The number of benzene rings is 3. The van der Waals surface area contributed by atoms with Gasteiger partial charge in [-0.3, -0.25) is 13.9 Å². The lowest BCUT2D eigenvalue weighted by Gasteiger charge is -2.33. The number of hydrogen-bond acceptors (Lipinski definition) is 4. The Labute approximate surface area is 252 Å². The van der Waals surface area contributed by atoms with Crippen LogP contribution in [0, 0.1) is 13.8 Å². The Bertz CT molecular complexity index is 1450. The molecule has 0 heterocycles. The van der Waals surface area contributed by atoms with Crippen LogP contribution in [0.3, 0.4) is 0 Å². The minimum absolute atomic E-state index is 0.0899. The minimum atomic E-state index is -4.09. The lowest BCUT2D eigenvalue weighted by atomic mass is 9.95. The quantitative estimate of drug-likeness (QED) is 0.289. The first kappa shape index (κ1) is 30.8. The van der Waals surface area contributed by atoms with Crippen LogP contribution in [-0.2, 0) is 26.2 Å². The van der Waals surface area contributed by atoms with Crippen molar-refractivity contribution in [1.29, 1.82) is 0 Å². The summed E-state index contributed by atoms with van der Waals surface area (Å²) in [7, 11) is -4.09. The highest BCUT2D eigenvalue weighted by atomic mass is 79.9. The fraction of sp³-hybridized carbons (Fsp3) is 0.375. The lowest BCUT2D eigenvalue weighted by Crippen LogP contribution is -2.53. The Morgan fingerprint density at radius 1 is 0.927 bits per heavy atom. The number of sulfonamides is 1. The van der Waals surface area contributed by atoms with Gasteiger partial charge in [-0.2, -0.15) is 0 Å². The minimum Gasteiger partial charge on any atom is -0.352 e. The van der Waals surface area contributed by atoms with E-state index in [4.69, 9.17) is 0 Å². The van der Waals surface area contributed by atoms with E-state index in [-0.39, 0.29) is 23.4 Å². The molecule has 3 aromatic carbocycles. The van der Waals surface area contributed by atoms with Crippen LogP contribution >= 0.6 is 15.9 Å². The van der Waals surface area contributed by atoms with Gasteiger partial charge in [0, 0.05) is 17.1 Å². The Morgan fingerprint density at radius 2 is 1.59 bits per heavy atom. The number of nitrogens with one attached hydrogen (secondary N) is 1. The molecule has 1 saturated carbocycles. The Kier molecular flexibility index (Phi) is 10.3. The predicted octanol–water partition coefficient (Wildman–Crippen LogP) is 6.13. The van der Waals surface area contributed by atoms with Crippen molar-refractivity contribution < 1.29 is 18.0 Å². The van der Waals surface area contributed by atoms with Crippen molar-refractivity contribution >= 4 is 43.5 Å². The molecule has 3 aromatic rings. The summed E-state index contributed by atoms with van der Waals surface area (Å²) in [6.07, 6.45) is 5.17. The normalized spacial score (nSPS) is 14.7. The zero-order valence-corrected chi connectivity index (χ0v) is 26.2. The van der Waals surface area contributed by atoms with Crippen molar-refractivity contribution in [1.82, 2.24) is 10.2 Å². The van der Waals surface area contributed by atoms with Crippen LogP contribution in [0.15, 0.2) is 82.2 Å². The van der Waals surface area contributed by atoms with E-state index in [0.29, 0.717) is 5.69 Å². The highest BCUT2D eigenvalue weighted by Gasteiger charge is 2.33. The van der Waals surface area contributed by atoms with E-state index in [2.05, 4.69) is 21.2 Å². The summed E-state index contributed by atoms with van der Waals surface area (Å²) >= 11 is 3.40. The fourth-order valence-corrected chi connectivity index (χ4v) is 6.81. The number of hydrogen-bond donors (Lipinski definition) is 1. The molecule has 41 heavy (non-hydrogen) atoms. The summed E-state index contributed by atoms with van der Waals surface area (Å²) in [6.45, 7) is 5.29. The molecule has 0 aromatic heterocycles. The van der Waals surface area contributed by atoms with Crippen molar-refractivity contribution in [3.05, 3.63) is 94.0 Å². The molecule has 7 nitrogen and oxygen atoms in total. The van der Waals surface area contributed by atoms with Gasteiger partial charge in [0.15, 0.2) is 0 Å². The van der Waals surface area contributed by atoms with Crippen molar-refractivity contribution in [3.8, 4) is 0 Å². The standard InChI is InChI=1S/C32H38BrN3O4S/c1-23-12-18-30(19-13-23)41(39,40)36(29-16-14-27(33)15-17-29)22-31(37)35(21-26-9-7-8-24(2)20-26)25(3)32(38)34-28-10-5-4-6-11-28/h7-9,12-20,25,28H,4-6,10-11,21-22H2,1-3H3,(H,34,38). The molecule has 1 aliphatic rings. The zero-order valence-electron chi connectivity index (χ0n) is 23.8. The number of aryl methyl sites for hydroxylation is 2. The smallest absolute Gasteiger partial charge is 0.264 e. The first-order valence-corrected chi connectivity index (χ1v) is 16.3. The van der Waals surface area contributed by atoms with Crippen LogP contribution in [0.5, 0.6) is 0 Å². The average molecular weight is 641 g/mol. The van der Waals surface area contributed by atoms with E-state index in [0.717, 1.165) is 51.2 Å². The first-order chi connectivity index (χ1) is 19.5. The maximum Gasteiger partial charge on any atom is 0.264 e. The predicted molar refractivity (Wildman–Crippen MR) is 166 cm³/mol. The SMILES string of the molecule is Cc1ccc(S(=O)(=O)N(CC(=O)N(Cc2cccc(C)c2)C(C)C(=O)NC2CCCCC2)c2ccc(Br)cc2)cc1. The summed E-state index contributed by atoms with van der Waals surface area (Å²) in [5, 5.41) is 3.13. The topological polar surface area (TPSA) is 86.8 Å². The van der Waals surface area contributed by atoms with E-state index in [1.54, 1.807) is 55.5 Å². The van der Waals surface area contributed by atoms with E-state index in [1.165, 1.54) is 11.3 Å². The molecule has 218 valence electrons. The number of halogens is 1. The third kappa shape index (κ3) is 7.98. The molecule has 1 atom stereocenters. The van der Waals surface area contributed by atoms with E-state index < -0.39 is 28.5 Å².